The van der Waals surface area contributed by atoms with Crippen molar-refractivity contribution >= 4 is 57.9 Å². The predicted molar refractivity (Wildman–Crippen MR) is 151 cm³/mol. The van der Waals surface area contributed by atoms with Gasteiger partial charge in [0.15, 0.2) is 0 Å². The fourth-order valence-electron chi connectivity index (χ4n) is 5.28. The molecule has 0 bridgehead atoms. The van der Waals surface area contributed by atoms with Crippen LogP contribution in [0.3, 0.4) is 0 Å². The molecule has 0 amide bonds. The Labute approximate surface area is 242 Å². The van der Waals surface area contributed by atoms with Gasteiger partial charge in [-0.1, -0.05) is 23.2 Å². The molecule has 1 aromatic carbocycles. The highest BCUT2D eigenvalue weighted by Gasteiger charge is 2.40. The molecule has 210 valence electrons. The van der Waals surface area contributed by atoms with E-state index in [0.717, 1.165) is 42.5 Å². The fraction of sp³-hybridized carbons (Fsp3) is 0.571. The maximum Gasteiger partial charge on any atom is 0.348 e. The van der Waals surface area contributed by atoms with E-state index in [-0.39, 0.29) is 36.0 Å². The van der Waals surface area contributed by atoms with E-state index in [2.05, 4.69) is 0 Å². The molecule has 0 saturated heterocycles. The fourth-order valence-corrected chi connectivity index (χ4v) is 7.29. The number of Topliss-reactive ketones (excluding diaryl/α,β-unsaturated/α-hetero) is 1. The number of hydrogen-bond acceptors (Lipinski definition) is 7. The maximum absolute atomic E-state index is 12.5. The number of esters is 1. The van der Waals surface area contributed by atoms with Crippen molar-refractivity contribution in [3.05, 3.63) is 55.7 Å². The third kappa shape index (κ3) is 8.65. The number of hydrogen-bond donors (Lipinski definition) is 3. The highest BCUT2D eigenvalue weighted by Crippen LogP contribution is 2.42. The zero-order chi connectivity index (χ0) is 27.9. The van der Waals surface area contributed by atoms with E-state index >= 15 is 0 Å². The van der Waals surface area contributed by atoms with Crippen molar-refractivity contribution in [2.45, 2.75) is 63.4 Å². The van der Waals surface area contributed by atoms with Gasteiger partial charge in [-0.3, -0.25) is 0 Å². The molecule has 3 N–H and O–H groups in total. The zero-order valence-electron chi connectivity index (χ0n) is 21.4. The van der Waals surface area contributed by atoms with Crippen molar-refractivity contribution < 1.29 is 29.6 Å². The molecule has 0 spiro atoms. The smallest absolute Gasteiger partial charge is 0.348 e. The molecule has 1 aliphatic rings. The Balaban J connectivity index is 1.51. The van der Waals surface area contributed by atoms with Crippen LogP contribution in [0.4, 0.5) is 0 Å². The van der Waals surface area contributed by atoms with Gasteiger partial charge in [-0.15, -0.1) is 22.9 Å². The lowest BCUT2D eigenvalue weighted by Crippen LogP contribution is -2.37. The summed E-state index contributed by atoms with van der Waals surface area (Å²) in [6, 6.07) is 9.10. The van der Waals surface area contributed by atoms with Gasteiger partial charge in [0.25, 0.3) is 0 Å². The number of ether oxygens (including phenoxy) is 1. The third-order valence-electron chi connectivity index (χ3n) is 7.29. The summed E-state index contributed by atoms with van der Waals surface area (Å²) >= 11 is 20.2. The topological polar surface area (TPSA) is 104 Å². The van der Waals surface area contributed by atoms with Crippen LogP contribution >= 0.6 is 46.1 Å². The van der Waals surface area contributed by atoms with E-state index in [9.17, 15) is 24.9 Å². The van der Waals surface area contributed by atoms with Crippen molar-refractivity contribution in [1.82, 2.24) is 0 Å². The highest BCUT2D eigenvalue weighted by atomic mass is 35.5. The molecule has 4 atom stereocenters. The van der Waals surface area contributed by atoms with Crippen LogP contribution in [0.15, 0.2) is 30.3 Å². The van der Waals surface area contributed by atoms with Gasteiger partial charge < -0.3 is 24.9 Å². The molecule has 1 aliphatic carbocycles. The first-order chi connectivity index (χ1) is 18.1. The quantitative estimate of drug-likeness (QED) is 0.188. The van der Waals surface area contributed by atoms with E-state index in [1.54, 1.807) is 12.1 Å². The molecule has 6 nitrogen and oxygen atoms in total. The van der Waals surface area contributed by atoms with E-state index in [1.165, 1.54) is 18.3 Å². The minimum absolute atomic E-state index is 0.0752. The van der Waals surface area contributed by atoms with Gasteiger partial charge in [-0.05, 0) is 93.2 Å². The van der Waals surface area contributed by atoms with Crippen molar-refractivity contribution in [1.29, 1.82) is 0 Å². The monoisotopic (exact) mass is 604 g/mol. The molecule has 10 heteroatoms. The van der Waals surface area contributed by atoms with Gasteiger partial charge in [0, 0.05) is 26.7 Å². The minimum Gasteiger partial charge on any atom is -0.461 e. The van der Waals surface area contributed by atoms with Crippen LogP contribution in [0.5, 0.6) is 0 Å². The molecular formula is C28H35Cl3O6S. The second-order valence-corrected chi connectivity index (χ2v) is 13.0. The van der Waals surface area contributed by atoms with E-state index < -0.39 is 30.7 Å². The van der Waals surface area contributed by atoms with E-state index in [4.69, 9.17) is 39.5 Å². The number of ketones is 1. The van der Waals surface area contributed by atoms with E-state index in [0.29, 0.717) is 21.3 Å². The number of carbonyl (C=O) groups excluding carboxylic acids is 2. The van der Waals surface area contributed by atoms with Crippen molar-refractivity contribution in [3.8, 4) is 0 Å². The van der Waals surface area contributed by atoms with Crippen molar-refractivity contribution in [2.75, 3.05) is 19.8 Å². The minimum atomic E-state index is -1.18. The van der Waals surface area contributed by atoms with Crippen LogP contribution < -0.4 is 0 Å². The summed E-state index contributed by atoms with van der Waals surface area (Å²) in [6.07, 6.45) is 4.13. The molecule has 2 aromatic rings. The molecular weight excluding hydrogens is 571 g/mol. The number of benzene rings is 1. The molecule has 0 aliphatic heterocycles. The van der Waals surface area contributed by atoms with Gasteiger partial charge in [-0.2, -0.15) is 0 Å². The molecule has 3 rings (SSSR count). The lowest BCUT2D eigenvalue weighted by Gasteiger charge is -2.27. The van der Waals surface area contributed by atoms with Crippen LogP contribution in [0, 0.1) is 17.3 Å². The molecule has 38 heavy (non-hydrogen) atoms. The van der Waals surface area contributed by atoms with Gasteiger partial charge in [-0.25, -0.2) is 4.79 Å². The summed E-state index contributed by atoms with van der Waals surface area (Å²) in [5.74, 6) is -0.459. The largest absolute Gasteiger partial charge is 0.461 e. The number of halogens is 3. The van der Waals surface area contributed by atoms with E-state index in [1.807, 2.05) is 18.2 Å². The Bertz CT molecular complexity index is 1070. The van der Waals surface area contributed by atoms with Crippen LogP contribution in [0.25, 0.3) is 0 Å². The second kappa shape index (κ2) is 14.4. The number of aliphatic hydroxyl groups excluding tert-OH is 3. The summed E-state index contributed by atoms with van der Waals surface area (Å²) in [5, 5.41) is 31.0. The van der Waals surface area contributed by atoms with Gasteiger partial charge in [0.1, 0.15) is 17.3 Å². The predicted octanol–water partition coefficient (Wildman–Crippen LogP) is 5.72. The summed E-state index contributed by atoms with van der Waals surface area (Å²) in [6.45, 7) is 0.202. The molecule has 0 radical (unpaired) electrons. The standard InChI is InChI=1S/C28H35Cl3O6S/c1-17(34)13-28(14-32,15-33)16-37-27(36)26-8-6-21(38-26)3-2-4-22-23(25(35)12-24(22)31)7-5-18-9-19(29)11-20(30)10-18/h6,8-11,22-25,32-33,35H,2-5,7,12-16H2,1H3/t22-,23-,24-,25-/m1/s1. The van der Waals surface area contributed by atoms with Crippen LogP contribution in [0.1, 0.15) is 59.1 Å². The number of aliphatic hydroxyl groups is 3. The number of thiophene rings is 1. The second-order valence-electron chi connectivity index (χ2n) is 10.4. The average Bonchev–Trinajstić information content (AvgIpc) is 3.43. The number of rotatable bonds is 14. The van der Waals surface area contributed by atoms with Crippen LogP contribution in [-0.4, -0.2) is 58.4 Å². The summed E-state index contributed by atoms with van der Waals surface area (Å²) < 4.78 is 5.33. The first-order valence-corrected chi connectivity index (χ1v) is 14.8. The Morgan fingerprint density at radius 2 is 1.74 bits per heavy atom. The SMILES string of the molecule is CC(=O)CC(CO)(CO)COC(=O)c1ccc(CCC[C@@H]2[C@@H](CCc3cc(Cl)cc(Cl)c3)[C@H](O)C[C@H]2Cl)s1. The molecule has 0 unspecified atom stereocenters. The third-order valence-corrected chi connectivity index (χ3v) is 9.36. The molecule has 1 aromatic heterocycles. The average molecular weight is 606 g/mol. The maximum atomic E-state index is 12.5. The van der Waals surface area contributed by atoms with Crippen LogP contribution in [-0.2, 0) is 22.4 Å². The van der Waals surface area contributed by atoms with Gasteiger partial charge in [0.2, 0.25) is 0 Å². The van der Waals surface area contributed by atoms with Crippen molar-refractivity contribution in [2.24, 2.45) is 17.3 Å². The lowest BCUT2D eigenvalue weighted by molar-refractivity contribution is -0.122. The number of alkyl halides is 1. The summed E-state index contributed by atoms with van der Waals surface area (Å²) in [7, 11) is 0. The van der Waals surface area contributed by atoms with Gasteiger partial charge in [0.05, 0.1) is 24.7 Å². The van der Waals surface area contributed by atoms with Crippen molar-refractivity contribution in [3.63, 3.8) is 0 Å². The zero-order valence-corrected chi connectivity index (χ0v) is 24.5. The normalized spacial score (nSPS) is 21.6. The Morgan fingerprint density at radius 3 is 2.37 bits per heavy atom. The number of aryl methyl sites for hydroxylation is 2. The first-order valence-electron chi connectivity index (χ1n) is 12.8. The molecule has 1 saturated carbocycles. The first kappa shape index (κ1) is 31.3. The van der Waals surface area contributed by atoms with Crippen LogP contribution in [0.2, 0.25) is 10.0 Å². The Morgan fingerprint density at radius 1 is 1.05 bits per heavy atom. The molecule has 1 fully saturated rings. The highest BCUT2D eigenvalue weighted by molar-refractivity contribution is 7.13. The lowest BCUT2D eigenvalue weighted by atomic mass is 9.85. The molecule has 1 heterocycles. The van der Waals surface area contributed by atoms with Gasteiger partial charge >= 0.3 is 5.97 Å². The number of carbonyl (C=O) groups is 2. The summed E-state index contributed by atoms with van der Waals surface area (Å²) in [5.41, 5.74) is -0.137. The Hall–Kier alpha value is -1.19. The summed E-state index contributed by atoms with van der Waals surface area (Å²) in [4.78, 5) is 25.5. The Kier molecular flexibility index (Phi) is 11.9.